The Morgan fingerprint density at radius 3 is 2.58 bits per heavy atom. The van der Waals surface area contributed by atoms with Crippen molar-refractivity contribution in [3.8, 4) is 0 Å². The quantitative estimate of drug-likeness (QED) is 0.640. The lowest BCUT2D eigenvalue weighted by molar-refractivity contribution is 0.121. The highest BCUT2D eigenvalue weighted by molar-refractivity contribution is 5.35. The number of H-pyrrole nitrogens is 1. The molecule has 19 heavy (non-hydrogen) atoms. The van der Waals surface area contributed by atoms with Gasteiger partial charge in [-0.2, -0.15) is 0 Å². The number of aliphatic hydroxyl groups excluding tert-OH is 2. The maximum absolute atomic E-state index is 11.8. The highest BCUT2D eigenvalue weighted by Gasteiger charge is 2.38. The minimum absolute atomic E-state index is 0.285. The Morgan fingerprint density at radius 1 is 1.42 bits per heavy atom. The molecule has 3 N–H and O–H groups in total. The Labute approximate surface area is 109 Å². The van der Waals surface area contributed by atoms with Gasteiger partial charge in [0.15, 0.2) is 0 Å². The number of aromatic amines is 1. The van der Waals surface area contributed by atoms with Crippen LogP contribution in [0.3, 0.4) is 0 Å². The summed E-state index contributed by atoms with van der Waals surface area (Å²) < 4.78 is 1.34. The standard InChI is InChI=1S/C13H16N2O4/c1-8-5-15(12(19)14-11(8)18)10-3-4-13(6-16,7-17)9(10)2/h3-5,10,16-17H,2,6-7H2,1H3,(H,14,18,19). The maximum Gasteiger partial charge on any atom is 0.329 e. The molecule has 1 unspecified atom stereocenters. The van der Waals surface area contributed by atoms with Crippen LogP contribution >= 0.6 is 0 Å². The molecule has 1 aliphatic rings. The van der Waals surface area contributed by atoms with Crippen molar-refractivity contribution in [2.45, 2.75) is 13.0 Å². The van der Waals surface area contributed by atoms with Crippen LogP contribution in [0.4, 0.5) is 0 Å². The van der Waals surface area contributed by atoms with Crippen molar-refractivity contribution in [1.82, 2.24) is 9.55 Å². The first kappa shape index (κ1) is 13.5. The first-order chi connectivity index (χ1) is 8.95. The Hall–Kier alpha value is -1.92. The van der Waals surface area contributed by atoms with Crippen LogP contribution in [-0.4, -0.2) is 33.0 Å². The second-order valence-electron chi connectivity index (χ2n) is 4.78. The number of aryl methyl sites for hydroxylation is 1. The number of nitrogens with zero attached hydrogens (tertiary/aromatic N) is 1. The van der Waals surface area contributed by atoms with Crippen LogP contribution in [0.1, 0.15) is 11.6 Å². The second-order valence-corrected chi connectivity index (χ2v) is 4.78. The smallest absolute Gasteiger partial charge is 0.329 e. The van der Waals surface area contributed by atoms with E-state index in [1.165, 1.54) is 10.8 Å². The van der Waals surface area contributed by atoms with E-state index in [0.717, 1.165) is 0 Å². The molecule has 0 spiro atoms. The number of aromatic nitrogens is 2. The van der Waals surface area contributed by atoms with Crippen molar-refractivity contribution in [3.63, 3.8) is 0 Å². The maximum atomic E-state index is 11.8. The van der Waals surface area contributed by atoms with Gasteiger partial charge in [-0.1, -0.05) is 18.7 Å². The molecule has 0 saturated carbocycles. The fraction of sp³-hybridized carbons (Fsp3) is 0.385. The van der Waals surface area contributed by atoms with Gasteiger partial charge in [-0.05, 0) is 12.5 Å². The Kier molecular flexibility index (Phi) is 3.30. The van der Waals surface area contributed by atoms with E-state index in [1.807, 2.05) is 0 Å². The van der Waals surface area contributed by atoms with Crippen LogP contribution in [-0.2, 0) is 0 Å². The topological polar surface area (TPSA) is 95.3 Å². The zero-order valence-electron chi connectivity index (χ0n) is 10.6. The summed E-state index contributed by atoms with van der Waals surface area (Å²) in [5.41, 5.74) is -0.964. The normalized spacial score (nSPS) is 21.0. The first-order valence-electron chi connectivity index (χ1n) is 5.87. The fourth-order valence-electron chi connectivity index (χ4n) is 2.20. The van der Waals surface area contributed by atoms with Gasteiger partial charge in [0.05, 0.1) is 24.7 Å². The van der Waals surface area contributed by atoms with Crippen molar-refractivity contribution < 1.29 is 10.2 Å². The van der Waals surface area contributed by atoms with E-state index in [2.05, 4.69) is 11.6 Å². The lowest BCUT2D eigenvalue weighted by atomic mass is 9.84. The van der Waals surface area contributed by atoms with Crippen LogP contribution in [0.15, 0.2) is 40.1 Å². The summed E-state index contributed by atoms with van der Waals surface area (Å²) in [6, 6.07) is -0.484. The summed E-state index contributed by atoms with van der Waals surface area (Å²) in [5, 5.41) is 18.8. The highest BCUT2D eigenvalue weighted by atomic mass is 16.3. The fourth-order valence-corrected chi connectivity index (χ4v) is 2.20. The molecule has 1 heterocycles. The molecule has 2 rings (SSSR count). The number of allylic oxidation sites excluding steroid dienone is 1. The minimum atomic E-state index is -0.922. The molecule has 0 radical (unpaired) electrons. The van der Waals surface area contributed by atoms with Crippen molar-refractivity contribution in [2.24, 2.45) is 5.41 Å². The summed E-state index contributed by atoms with van der Waals surface area (Å²) in [4.78, 5) is 25.4. The predicted octanol–water partition coefficient (Wildman–Crippen LogP) is -0.517. The SMILES string of the molecule is C=C1C(n2cc(C)c(=O)[nH]c2=O)C=CC1(CO)CO. The molecule has 1 aromatic rings. The van der Waals surface area contributed by atoms with Crippen molar-refractivity contribution in [1.29, 1.82) is 0 Å². The third kappa shape index (κ3) is 1.98. The Bertz CT molecular complexity index is 649. The molecule has 0 aliphatic heterocycles. The van der Waals surface area contributed by atoms with Gasteiger partial charge in [-0.3, -0.25) is 14.3 Å². The summed E-state index contributed by atoms with van der Waals surface area (Å²) in [5.74, 6) is 0. The van der Waals surface area contributed by atoms with E-state index < -0.39 is 22.7 Å². The van der Waals surface area contributed by atoms with Crippen LogP contribution < -0.4 is 11.2 Å². The van der Waals surface area contributed by atoms with Gasteiger partial charge in [0.2, 0.25) is 0 Å². The molecular weight excluding hydrogens is 248 g/mol. The van der Waals surface area contributed by atoms with Gasteiger partial charge in [0, 0.05) is 11.8 Å². The molecule has 6 heteroatoms. The lowest BCUT2D eigenvalue weighted by Crippen LogP contribution is -2.35. The summed E-state index contributed by atoms with van der Waals surface area (Å²) in [6.45, 7) is 4.89. The largest absolute Gasteiger partial charge is 0.395 e. The summed E-state index contributed by atoms with van der Waals surface area (Å²) in [7, 11) is 0. The third-order valence-corrected chi connectivity index (χ3v) is 3.60. The minimum Gasteiger partial charge on any atom is -0.395 e. The number of aliphatic hydroxyl groups is 2. The van der Waals surface area contributed by atoms with Crippen LogP contribution in [0, 0.1) is 12.3 Å². The van der Waals surface area contributed by atoms with Gasteiger partial charge in [-0.25, -0.2) is 4.79 Å². The third-order valence-electron chi connectivity index (χ3n) is 3.60. The zero-order chi connectivity index (χ0) is 14.2. The van der Waals surface area contributed by atoms with Crippen LogP contribution in [0.5, 0.6) is 0 Å². The van der Waals surface area contributed by atoms with Gasteiger partial charge in [0.25, 0.3) is 5.56 Å². The van der Waals surface area contributed by atoms with Crippen molar-refractivity contribution >= 4 is 0 Å². The van der Waals surface area contributed by atoms with E-state index in [9.17, 15) is 19.8 Å². The summed E-state index contributed by atoms with van der Waals surface area (Å²) >= 11 is 0. The molecule has 1 atom stereocenters. The molecule has 0 aromatic carbocycles. The number of rotatable bonds is 3. The lowest BCUT2D eigenvalue weighted by Gasteiger charge is -2.27. The molecule has 1 aliphatic carbocycles. The van der Waals surface area contributed by atoms with Crippen molar-refractivity contribution in [2.75, 3.05) is 13.2 Å². The van der Waals surface area contributed by atoms with E-state index in [1.54, 1.807) is 19.1 Å². The van der Waals surface area contributed by atoms with E-state index in [-0.39, 0.29) is 13.2 Å². The van der Waals surface area contributed by atoms with Crippen LogP contribution in [0.25, 0.3) is 0 Å². The number of nitrogens with one attached hydrogen (secondary N) is 1. The average Bonchev–Trinajstić information content (AvgIpc) is 2.72. The highest BCUT2D eigenvalue weighted by Crippen LogP contribution is 2.41. The Balaban J connectivity index is 2.50. The first-order valence-corrected chi connectivity index (χ1v) is 5.87. The van der Waals surface area contributed by atoms with E-state index in [4.69, 9.17) is 0 Å². The van der Waals surface area contributed by atoms with Gasteiger partial charge in [0.1, 0.15) is 0 Å². The Morgan fingerprint density at radius 2 is 2.05 bits per heavy atom. The monoisotopic (exact) mass is 264 g/mol. The number of hydrogen-bond donors (Lipinski definition) is 3. The molecule has 0 fully saturated rings. The van der Waals surface area contributed by atoms with Gasteiger partial charge in [-0.15, -0.1) is 0 Å². The molecule has 0 amide bonds. The van der Waals surface area contributed by atoms with Crippen molar-refractivity contribution in [3.05, 3.63) is 56.9 Å². The second kappa shape index (κ2) is 4.64. The van der Waals surface area contributed by atoms with Crippen LogP contribution in [0.2, 0.25) is 0 Å². The average molecular weight is 264 g/mol. The molecule has 1 aromatic heterocycles. The predicted molar refractivity (Wildman–Crippen MR) is 70.0 cm³/mol. The molecule has 102 valence electrons. The van der Waals surface area contributed by atoms with E-state index in [0.29, 0.717) is 11.1 Å². The summed E-state index contributed by atoms with van der Waals surface area (Å²) in [6.07, 6.45) is 4.78. The van der Waals surface area contributed by atoms with Gasteiger partial charge < -0.3 is 10.2 Å². The number of hydrogen-bond acceptors (Lipinski definition) is 4. The molecule has 0 bridgehead atoms. The molecular formula is C13H16N2O4. The van der Waals surface area contributed by atoms with Gasteiger partial charge >= 0.3 is 5.69 Å². The van der Waals surface area contributed by atoms with E-state index >= 15 is 0 Å². The molecule has 0 saturated heterocycles. The zero-order valence-corrected chi connectivity index (χ0v) is 10.6. The molecule has 6 nitrogen and oxygen atoms in total.